The standard InChI is InChI=1S/C23H30N6O3/c1-3-8-28-19(24)17(22(30)25-7-5-9-27-11-13-32-14-12-27)15-18-21(28)26-20-16(2)6-4-10-29(20)23(18)31/h4,6,10,15,24H,3,5,7-9,11-14H2,1-2H3,(H,25,30). The van der Waals surface area contributed by atoms with Crippen LogP contribution >= 0.6 is 0 Å². The van der Waals surface area contributed by atoms with E-state index in [1.807, 2.05) is 19.9 Å². The average molecular weight is 439 g/mol. The number of carbonyl (C=O) groups is 1. The van der Waals surface area contributed by atoms with Crippen molar-refractivity contribution in [2.24, 2.45) is 0 Å². The van der Waals surface area contributed by atoms with Gasteiger partial charge < -0.3 is 14.6 Å². The van der Waals surface area contributed by atoms with E-state index in [9.17, 15) is 9.59 Å². The van der Waals surface area contributed by atoms with Gasteiger partial charge in [0.05, 0.1) is 24.2 Å². The molecule has 0 aliphatic carbocycles. The fourth-order valence-electron chi connectivity index (χ4n) is 4.14. The topological polar surface area (TPSA) is 105 Å². The van der Waals surface area contributed by atoms with Crippen LogP contribution in [-0.4, -0.2) is 64.2 Å². The van der Waals surface area contributed by atoms with Crippen molar-refractivity contribution in [3.8, 4) is 0 Å². The van der Waals surface area contributed by atoms with Crippen LogP contribution in [0.1, 0.15) is 35.7 Å². The Labute approximate surface area is 186 Å². The summed E-state index contributed by atoms with van der Waals surface area (Å²) in [5.41, 5.74) is 1.93. The third-order valence-electron chi connectivity index (χ3n) is 5.87. The van der Waals surface area contributed by atoms with Gasteiger partial charge in [-0.2, -0.15) is 0 Å². The summed E-state index contributed by atoms with van der Waals surface area (Å²) in [5.74, 6) is -0.336. The molecule has 3 aromatic rings. The predicted molar refractivity (Wildman–Crippen MR) is 122 cm³/mol. The molecule has 3 aromatic heterocycles. The summed E-state index contributed by atoms with van der Waals surface area (Å²) in [6, 6.07) is 5.22. The number of pyridine rings is 2. The van der Waals surface area contributed by atoms with Gasteiger partial charge >= 0.3 is 0 Å². The van der Waals surface area contributed by atoms with E-state index >= 15 is 0 Å². The second-order valence-corrected chi connectivity index (χ2v) is 8.16. The Bertz CT molecular complexity index is 1260. The molecule has 1 aliphatic heterocycles. The van der Waals surface area contributed by atoms with Crippen LogP contribution in [0.4, 0.5) is 0 Å². The molecule has 9 nitrogen and oxygen atoms in total. The highest BCUT2D eigenvalue weighted by Gasteiger charge is 2.18. The van der Waals surface area contributed by atoms with Gasteiger partial charge in [-0.05, 0) is 44.0 Å². The summed E-state index contributed by atoms with van der Waals surface area (Å²) in [5, 5.41) is 11.9. The SMILES string of the molecule is CCCn1c(=N)c(C(=O)NCCCN2CCOCC2)cc2c(=O)n3cccc(C)c3nc21. The maximum Gasteiger partial charge on any atom is 0.267 e. The Morgan fingerprint density at radius 3 is 2.78 bits per heavy atom. The largest absolute Gasteiger partial charge is 0.379 e. The number of aryl methyl sites for hydroxylation is 2. The Hall–Kier alpha value is -3.04. The fourth-order valence-corrected chi connectivity index (χ4v) is 4.14. The lowest BCUT2D eigenvalue weighted by molar-refractivity contribution is 0.0374. The molecule has 1 aliphatic rings. The van der Waals surface area contributed by atoms with Crippen molar-refractivity contribution in [3.63, 3.8) is 0 Å². The lowest BCUT2D eigenvalue weighted by Crippen LogP contribution is -2.39. The first-order valence-electron chi connectivity index (χ1n) is 11.2. The number of ether oxygens (including phenoxy) is 1. The maximum absolute atomic E-state index is 13.2. The molecular formula is C23H30N6O3. The molecule has 1 amide bonds. The normalized spacial score (nSPS) is 14.8. The van der Waals surface area contributed by atoms with Crippen LogP contribution in [0.3, 0.4) is 0 Å². The minimum absolute atomic E-state index is 0.0786. The number of rotatable bonds is 7. The van der Waals surface area contributed by atoms with Gasteiger partial charge in [0.2, 0.25) is 0 Å². The predicted octanol–water partition coefficient (Wildman–Crippen LogP) is 1.30. The van der Waals surface area contributed by atoms with Crippen LogP contribution in [0.2, 0.25) is 0 Å². The molecule has 2 N–H and O–H groups in total. The molecule has 4 rings (SSSR count). The molecule has 0 aromatic carbocycles. The smallest absolute Gasteiger partial charge is 0.267 e. The molecular weight excluding hydrogens is 408 g/mol. The summed E-state index contributed by atoms with van der Waals surface area (Å²) in [7, 11) is 0. The molecule has 0 unspecified atom stereocenters. The molecule has 32 heavy (non-hydrogen) atoms. The third kappa shape index (κ3) is 4.31. The van der Waals surface area contributed by atoms with Crippen molar-refractivity contribution in [3.05, 3.63) is 51.4 Å². The van der Waals surface area contributed by atoms with Crippen LogP contribution in [0.15, 0.2) is 29.2 Å². The monoisotopic (exact) mass is 438 g/mol. The number of aromatic nitrogens is 3. The maximum atomic E-state index is 13.2. The van der Waals surface area contributed by atoms with Gasteiger partial charge in [0, 0.05) is 32.4 Å². The Morgan fingerprint density at radius 1 is 1.25 bits per heavy atom. The molecule has 0 spiro atoms. The van der Waals surface area contributed by atoms with E-state index in [2.05, 4.69) is 10.2 Å². The first-order valence-corrected chi connectivity index (χ1v) is 11.2. The Balaban J connectivity index is 1.65. The van der Waals surface area contributed by atoms with E-state index in [0.29, 0.717) is 29.8 Å². The molecule has 9 heteroatoms. The first kappa shape index (κ1) is 22.2. The summed E-state index contributed by atoms with van der Waals surface area (Å²) in [6.45, 7) is 9.13. The second kappa shape index (κ2) is 9.62. The van der Waals surface area contributed by atoms with Crippen molar-refractivity contribution in [2.75, 3.05) is 39.4 Å². The van der Waals surface area contributed by atoms with Crippen molar-refractivity contribution in [1.82, 2.24) is 24.2 Å². The van der Waals surface area contributed by atoms with Crippen LogP contribution in [-0.2, 0) is 11.3 Å². The van der Waals surface area contributed by atoms with Crippen molar-refractivity contribution < 1.29 is 9.53 Å². The summed E-state index contributed by atoms with van der Waals surface area (Å²) >= 11 is 0. The summed E-state index contributed by atoms with van der Waals surface area (Å²) < 4.78 is 8.53. The minimum Gasteiger partial charge on any atom is -0.379 e. The van der Waals surface area contributed by atoms with E-state index < -0.39 is 0 Å². The quantitative estimate of drug-likeness (QED) is 0.427. The number of morpholine rings is 1. The van der Waals surface area contributed by atoms with Crippen LogP contribution in [0.25, 0.3) is 16.7 Å². The number of fused-ring (bicyclic) bond motifs is 2. The van der Waals surface area contributed by atoms with E-state index in [1.54, 1.807) is 16.8 Å². The second-order valence-electron chi connectivity index (χ2n) is 8.16. The van der Waals surface area contributed by atoms with E-state index in [1.165, 1.54) is 10.5 Å². The highest BCUT2D eigenvalue weighted by Crippen LogP contribution is 2.13. The number of nitrogens with one attached hydrogen (secondary N) is 2. The zero-order chi connectivity index (χ0) is 22.7. The lowest BCUT2D eigenvalue weighted by atomic mass is 10.2. The first-order chi connectivity index (χ1) is 15.5. The molecule has 0 atom stereocenters. The number of nitrogens with zero attached hydrogens (tertiary/aromatic N) is 4. The molecule has 170 valence electrons. The van der Waals surface area contributed by atoms with E-state index in [4.69, 9.17) is 15.1 Å². The van der Waals surface area contributed by atoms with Gasteiger partial charge in [-0.25, -0.2) is 4.98 Å². The Kier molecular flexibility index (Phi) is 6.66. The van der Waals surface area contributed by atoms with Crippen LogP contribution in [0, 0.1) is 12.3 Å². The molecule has 1 saturated heterocycles. The van der Waals surface area contributed by atoms with Gasteiger partial charge in [-0.1, -0.05) is 13.0 Å². The van der Waals surface area contributed by atoms with Crippen molar-refractivity contribution >= 4 is 22.6 Å². The highest BCUT2D eigenvalue weighted by atomic mass is 16.5. The lowest BCUT2D eigenvalue weighted by Gasteiger charge is -2.26. The number of amides is 1. The molecule has 0 radical (unpaired) electrons. The van der Waals surface area contributed by atoms with Crippen molar-refractivity contribution in [2.45, 2.75) is 33.2 Å². The molecule has 0 bridgehead atoms. The van der Waals surface area contributed by atoms with Crippen LogP contribution in [0.5, 0.6) is 0 Å². The van der Waals surface area contributed by atoms with Crippen LogP contribution < -0.4 is 16.4 Å². The van der Waals surface area contributed by atoms with E-state index in [0.717, 1.165) is 51.3 Å². The zero-order valence-corrected chi connectivity index (χ0v) is 18.7. The van der Waals surface area contributed by atoms with E-state index in [-0.39, 0.29) is 22.5 Å². The van der Waals surface area contributed by atoms with Crippen molar-refractivity contribution in [1.29, 1.82) is 5.41 Å². The van der Waals surface area contributed by atoms with Gasteiger partial charge in [0.1, 0.15) is 16.8 Å². The third-order valence-corrected chi connectivity index (χ3v) is 5.87. The highest BCUT2D eigenvalue weighted by molar-refractivity contribution is 5.96. The van der Waals surface area contributed by atoms with Gasteiger partial charge in [-0.3, -0.25) is 24.3 Å². The zero-order valence-electron chi connectivity index (χ0n) is 18.7. The molecule has 1 fully saturated rings. The average Bonchev–Trinajstić information content (AvgIpc) is 2.80. The van der Waals surface area contributed by atoms with Gasteiger partial charge in [0.15, 0.2) is 0 Å². The number of carbonyl (C=O) groups excluding carboxylic acids is 1. The Morgan fingerprint density at radius 2 is 2.03 bits per heavy atom. The summed E-state index contributed by atoms with van der Waals surface area (Å²) in [4.78, 5) is 33.2. The molecule has 0 saturated carbocycles. The fraction of sp³-hybridized carbons (Fsp3) is 0.478. The van der Waals surface area contributed by atoms with Gasteiger partial charge in [-0.15, -0.1) is 0 Å². The number of hydrogen-bond donors (Lipinski definition) is 2. The summed E-state index contributed by atoms with van der Waals surface area (Å²) in [6.07, 6.45) is 3.25. The number of hydrogen-bond acceptors (Lipinski definition) is 6. The van der Waals surface area contributed by atoms with Gasteiger partial charge in [0.25, 0.3) is 11.5 Å². The molecule has 4 heterocycles. The minimum atomic E-state index is -0.336.